The zero-order chi connectivity index (χ0) is 26.4. The van der Waals surface area contributed by atoms with Crippen molar-refractivity contribution in [2.75, 3.05) is 13.4 Å². The van der Waals surface area contributed by atoms with Gasteiger partial charge in [-0.15, -0.1) is 0 Å². The highest BCUT2D eigenvalue weighted by Crippen LogP contribution is 2.52. The predicted molar refractivity (Wildman–Crippen MR) is 137 cm³/mol. The molecule has 5 N–H and O–H groups in total. The minimum atomic E-state index is -0.864. The van der Waals surface area contributed by atoms with Crippen molar-refractivity contribution in [3.8, 4) is 28.5 Å². The SMILES string of the molecule is O=c1[nH]c(N=C2c3ccccc3-c3c4c(cc5c(O)[nH]c2c35)OCO4)nc2c1ncn2[C@H]1C[C@H](O)[C@@H](CO)O1. The van der Waals surface area contributed by atoms with Crippen molar-refractivity contribution in [2.24, 2.45) is 4.99 Å². The average Bonchev–Trinajstić information content (AvgIpc) is 3.72. The number of imidazole rings is 1. The van der Waals surface area contributed by atoms with Crippen molar-refractivity contribution in [3.63, 3.8) is 0 Å². The molecule has 2 aliphatic heterocycles. The minimum absolute atomic E-state index is 0.0164. The topological polar surface area (TPSA) is 180 Å². The van der Waals surface area contributed by atoms with Gasteiger partial charge in [-0.2, -0.15) is 4.98 Å². The molecule has 3 atom stereocenters. The van der Waals surface area contributed by atoms with Crippen LogP contribution in [-0.4, -0.2) is 71.1 Å². The van der Waals surface area contributed by atoms with Crippen molar-refractivity contribution in [2.45, 2.75) is 24.9 Å². The molecule has 5 heterocycles. The minimum Gasteiger partial charge on any atom is -0.494 e. The number of rotatable bonds is 3. The maximum atomic E-state index is 13.0. The van der Waals surface area contributed by atoms with E-state index in [9.17, 15) is 20.1 Å². The molecular formula is C26H20N6O7. The number of aromatic hydroxyl groups is 1. The van der Waals surface area contributed by atoms with Crippen LogP contribution in [0.5, 0.6) is 17.4 Å². The summed E-state index contributed by atoms with van der Waals surface area (Å²) in [6.07, 6.45) is -0.649. The molecule has 0 unspecified atom stereocenters. The Balaban J connectivity index is 1.34. The predicted octanol–water partition coefficient (Wildman–Crippen LogP) is 1.83. The normalized spacial score (nSPS) is 22.3. The first-order valence-corrected chi connectivity index (χ1v) is 12.3. The van der Waals surface area contributed by atoms with Gasteiger partial charge in [0.1, 0.15) is 12.3 Å². The summed E-state index contributed by atoms with van der Waals surface area (Å²) in [5.41, 5.74) is 3.16. The molecule has 13 heteroatoms. The molecule has 5 aromatic rings. The summed E-state index contributed by atoms with van der Waals surface area (Å²) in [4.78, 5) is 32.2. The van der Waals surface area contributed by atoms with Gasteiger partial charge in [-0.25, -0.2) is 9.98 Å². The molecule has 3 aromatic heterocycles. The molecule has 0 radical (unpaired) electrons. The maximum Gasteiger partial charge on any atom is 0.280 e. The molecule has 2 aromatic carbocycles. The van der Waals surface area contributed by atoms with Gasteiger partial charge < -0.3 is 34.5 Å². The quantitative estimate of drug-likeness (QED) is 0.229. The highest BCUT2D eigenvalue weighted by molar-refractivity contribution is 6.29. The molecule has 8 rings (SSSR count). The van der Waals surface area contributed by atoms with Crippen LogP contribution in [0.1, 0.15) is 23.9 Å². The zero-order valence-corrected chi connectivity index (χ0v) is 20.1. The number of aliphatic hydroxyl groups is 2. The Labute approximate surface area is 218 Å². The fraction of sp³-hybridized carbons (Fsp3) is 0.231. The van der Waals surface area contributed by atoms with Crippen LogP contribution in [0.15, 0.2) is 46.4 Å². The molecule has 0 spiro atoms. The summed E-state index contributed by atoms with van der Waals surface area (Å²) in [6, 6.07) is 9.31. The lowest BCUT2D eigenvalue weighted by Gasteiger charge is -2.20. The molecule has 0 amide bonds. The molecule has 13 nitrogen and oxygen atoms in total. The van der Waals surface area contributed by atoms with Crippen LogP contribution >= 0.6 is 0 Å². The van der Waals surface area contributed by atoms with Gasteiger partial charge in [0, 0.05) is 28.3 Å². The fourth-order valence-corrected chi connectivity index (χ4v) is 5.66. The Bertz CT molecular complexity index is 1920. The van der Waals surface area contributed by atoms with E-state index in [1.54, 1.807) is 10.6 Å². The van der Waals surface area contributed by atoms with Gasteiger partial charge in [0.25, 0.3) is 5.56 Å². The van der Waals surface area contributed by atoms with Crippen LogP contribution in [-0.2, 0) is 4.74 Å². The number of aliphatic imine (C=N–C) groups is 1. The maximum absolute atomic E-state index is 13.0. The zero-order valence-electron chi connectivity index (χ0n) is 20.1. The first kappa shape index (κ1) is 22.3. The van der Waals surface area contributed by atoms with Gasteiger partial charge in [-0.3, -0.25) is 14.3 Å². The van der Waals surface area contributed by atoms with Gasteiger partial charge in [-0.1, -0.05) is 24.3 Å². The van der Waals surface area contributed by atoms with Crippen LogP contribution in [0, 0.1) is 0 Å². The van der Waals surface area contributed by atoms with Crippen molar-refractivity contribution in [3.05, 3.63) is 58.3 Å². The van der Waals surface area contributed by atoms with E-state index >= 15 is 0 Å². The Morgan fingerprint density at radius 2 is 2.03 bits per heavy atom. The van der Waals surface area contributed by atoms with Crippen molar-refractivity contribution < 1.29 is 29.5 Å². The van der Waals surface area contributed by atoms with Gasteiger partial charge in [0.05, 0.1) is 30.4 Å². The van der Waals surface area contributed by atoms with E-state index in [4.69, 9.17) is 19.2 Å². The number of H-pyrrole nitrogens is 2. The van der Waals surface area contributed by atoms with Crippen molar-refractivity contribution in [1.29, 1.82) is 0 Å². The Hall–Kier alpha value is -4.72. The van der Waals surface area contributed by atoms with Crippen molar-refractivity contribution in [1.82, 2.24) is 24.5 Å². The largest absolute Gasteiger partial charge is 0.494 e. The molecule has 0 saturated carbocycles. The van der Waals surface area contributed by atoms with Crippen LogP contribution in [0.3, 0.4) is 0 Å². The summed E-state index contributed by atoms with van der Waals surface area (Å²) < 4.78 is 18.7. The van der Waals surface area contributed by atoms with Gasteiger partial charge in [0.2, 0.25) is 12.7 Å². The molecule has 1 aliphatic carbocycles. The standard InChI is InChI=1S/C26H20N6O7/c33-7-15-13(34)6-16(39-15)32-8-27-21-23(32)30-26(31-25(21)36)29-19-11-4-2-1-3-10(11)18-17-12(24(35)28-20(17)19)5-14-22(18)38-9-37-14/h1-5,8,13,15-16,28,33-35H,6-7,9H2,(H,30,31,36)/t13-,15+,16+/m0/s1. The monoisotopic (exact) mass is 528 g/mol. The number of aromatic amines is 2. The number of hydrogen-bond donors (Lipinski definition) is 5. The van der Waals surface area contributed by atoms with E-state index in [2.05, 4.69) is 19.9 Å². The van der Waals surface area contributed by atoms with Crippen LogP contribution in [0.25, 0.3) is 33.1 Å². The molecule has 1 saturated heterocycles. The second-order valence-electron chi connectivity index (χ2n) is 9.59. The van der Waals surface area contributed by atoms with Crippen LogP contribution in [0.2, 0.25) is 0 Å². The molecule has 39 heavy (non-hydrogen) atoms. The second kappa shape index (κ2) is 7.89. The smallest absolute Gasteiger partial charge is 0.280 e. The number of ether oxygens (including phenoxy) is 3. The summed E-state index contributed by atoms with van der Waals surface area (Å²) in [6.45, 7) is -0.257. The fourth-order valence-electron chi connectivity index (χ4n) is 5.66. The summed E-state index contributed by atoms with van der Waals surface area (Å²) >= 11 is 0. The Morgan fingerprint density at radius 3 is 2.85 bits per heavy atom. The molecule has 1 fully saturated rings. The molecule has 196 valence electrons. The first-order valence-electron chi connectivity index (χ1n) is 12.3. The third-order valence-corrected chi connectivity index (χ3v) is 7.43. The van der Waals surface area contributed by atoms with E-state index in [-0.39, 0.29) is 42.8 Å². The van der Waals surface area contributed by atoms with E-state index < -0.39 is 24.0 Å². The highest BCUT2D eigenvalue weighted by Gasteiger charge is 2.36. The van der Waals surface area contributed by atoms with Crippen molar-refractivity contribution >= 4 is 33.6 Å². The average molecular weight is 528 g/mol. The number of aromatic nitrogens is 5. The lowest BCUT2D eigenvalue weighted by Crippen LogP contribution is -2.24. The second-order valence-corrected chi connectivity index (χ2v) is 9.59. The summed E-state index contributed by atoms with van der Waals surface area (Å²) in [5.74, 6) is 1.10. The number of fused-ring (bicyclic) bond motifs is 5. The lowest BCUT2D eigenvalue weighted by molar-refractivity contribution is -0.0432. The molecule has 0 bridgehead atoms. The lowest BCUT2D eigenvalue weighted by atomic mass is 9.85. The molecule has 3 aliphatic rings. The third-order valence-electron chi connectivity index (χ3n) is 7.43. The summed E-state index contributed by atoms with van der Waals surface area (Å²) in [7, 11) is 0. The number of nitrogens with zero attached hydrogens (tertiary/aromatic N) is 4. The van der Waals surface area contributed by atoms with Gasteiger partial charge in [-0.05, 0) is 11.6 Å². The first-order chi connectivity index (χ1) is 19.0. The Morgan fingerprint density at radius 1 is 1.18 bits per heavy atom. The number of nitrogens with one attached hydrogen (secondary N) is 2. The van der Waals surface area contributed by atoms with Gasteiger partial charge >= 0.3 is 0 Å². The van der Waals surface area contributed by atoms with Crippen LogP contribution < -0.4 is 15.0 Å². The van der Waals surface area contributed by atoms with Gasteiger partial charge in [0.15, 0.2) is 28.5 Å². The number of aliphatic hydroxyl groups excluding tert-OH is 2. The summed E-state index contributed by atoms with van der Waals surface area (Å²) in [5, 5.41) is 31.7. The number of hydrogen-bond acceptors (Lipinski definition) is 10. The van der Waals surface area contributed by atoms with E-state index in [1.807, 2.05) is 24.3 Å². The van der Waals surface area contributed by atoms with E-state index in [0.29, 0.717) is 33.7 Å². The molecular weight excluding hydrogens is 508 g/mol. The van der Waals surface area contributed by atoms with E-state index in [1.165, 1.54) is 6.33 Å². The third kappa shape index (κ3) is 3.05. The van der Waals surface area contributed by atoms with E-state index in [0.717, 1.165) is 16.7 Å². The highest BCUT2D eigenvalue weighted by atomic mass is 16.7. The van der Waals surface area contributed by atoms with Crippen LogP contribution in [0.4, 0.5) is 5.95 Å². The Kier molecular flexibility index (Phi) is 4.51. The number of benzene rings is 2.